The monoisotopic (exact) mass is 388 g/mol. The Hall–Kier alpha value is -2.64. The lowest BCUT2D eigenvalue weighted by Gasteiger charge is -2.18. The summed E-state index contributed by atoms with van der Waals surface area (Å²) < 4.78 is 32.1. The highest BCUT2D eigenvalue weighted by molar-refractivity contribution is 7.89. The first-order chi connectivity index (χ1) is 12.8. The molecule has 2 aromatic carbocycles. The Morgan fingerprint density at radius 3 is 2.37 bits per heavy atom. The van der Waals surface area contributed by atoms with Crippen LogP contribution in [0.4, 0.5) is 0 Å². The summed E-state index contributed by atoms with van der Waals surface area (Å²) in [6, 6.07) is 13.5. The van der Waals surface area contributed by atoms with Crippen LogP contribution in [0.1, 0.15) is 15.9 Å². The summed E-state index contributed by atoms with van der Waals surface area (Å²) in [6.45, 7) is 6.40. The topological polar surface area (TPSA) is 75.7 Å². The number of nitrogens with zero attached hydrogens (tertiary/aromatic N) is 1. The van der Waals surface area contributed by atoms with Gasteiger partial charge in [-0.1, -0.05) is 23.8 Å². The predicted octanol–water partition coefficient (Wildman–Crippen LogP) is 2.61. The van der Waals surface area contributed by atoms with Crippen LogP contribution in [0, 0.1) is 6.92 Å². The van der Waals surface area contributed by atoms with Crippen molar-refractivity contribution in [3.63, 3.8) is 0 Å². The molecule has 0 unspecified atom stereocenters. The van der Waals surface area contributed by atoms with Gasteiger partial charge in [-0.15, -0.1) is 6.58 Å². The number of nitrogens with one attached hydrogen (secondary N) is 1. The molecule has 0 aliphatic heterocycles. The second kappa shape index (κ2) is 9.34. The van der Waals surface area contributed by atoms with Crippen molar-refractivity contribution in [3.8, 4) is 5.75 Å². The number of carbonyl (C=O) groups is 1. The molecule has 0 bridgehead atoms. The van der Waals surface area contributed by atoms with Crippen LogP contribution in [0.2, 0.25) is 0 Å². The Morgan fingerprint density at radius 1 is 1.15 bits per heavy atom. The molecule has 0 heterocycles. The van der Waals surface area contributed by atoms with Gasteiger partial charge in [0.1, 0.15) is 12.4 Å². The molecule has 144 valence electrons. The minimum Gasteiger partial charge on any atom is -0.492 e. The van der Waals surface area contributed by atoms with Crippen LogP contribution in [-0.4, -0.2) is 46.0 Å². The predicted molar refractivity (Wildman–Crippen MR) is 105 cm³/mol. The zero-order valence-corrected chi connectivity index (χ0v) is 16.3. The number of likely N-dealkylation sites (N-methyl/N-ethyl adjacent to an activating group) is 1. The average molecular weight is 388 g/mol. The van der Waals surface area contributed by atoms with Gasteiger partial charge < -0.3 is 9.64 Å². The number of rotatable bonds is 9. The molecule has 0 saturated carbocycles. The summed E-state index contributed by atoms with van der Waals surface area (Å²) in [5, 5.41) is 0. The van der Waals surface area contributed by atoms with Gasteiger partial charge in [0.15, 0.2) is 0 Å². The molecule has 0 atom stereocenters. The van der Waals surface area contributed by atoms with Crippen molar-refractivity contribution in [3.05, 3.63) is 72.3 Å². The average Bonchev–Trinajstić information content (AvgIpc) is 2.67. The van der Waals surface area contributed by atoms with Crippen molar-refractivity contribution in [1.29, 1.82) is 0 Å². The van der Waals surface area contributed by atoms with Crippen LogP contribution in [0.25, 0.3) is 0 Å². The van der Waals surface area contributed by atoms with Crippen molar-refractivity contribution < 1.29 is 17.9 Å². The van der Waals surface area contributed by atoms with Crippen molar-refractivity contribution >= 4 is 15.9 Å². The van der Waals surface area contributed by atoms with E-state index in [0.29, 0.717) is 18.7 Å². The zero-order chi connectivity index (χ0) is 19.9. The lowest BCUT2D eigenvalue weighted by molar-refractivity contribution is 0.0773. The van der Waals surface area contributed by atoms with E-state index in [1.165, 1.54) is 35.2 Å². The van der Waals surface area contributed by atoms with E-state index in [4.69, 9.17) is 4.74 Å². The zero-order valence-electron chi connectivity index (χ0n) is 15.5. The summed E-state index contributed by atoms with van der Waals surface area (Å²) >= 11 is 0. The largest absolute Gasteiger partial charge is 0.492 e. The molecule has 2 rings (SSSR count). The molecule has 27 heavy (non-hydrogen) atoms. The van der Waals surface area contributed by atoms with E-state index in [2.05, 4.69) is 11.3 Å². The maximum absolute atomic E-state index is 12.5. The van der Waals surface area contributed by atoms with Gasteiger partial charge in [0, 0.05) is 19.2 Å². The van der Waals surface area contributed by atoms with Gasteiger partial charge in [-0.05, 0) is 43.3 Å². The van der Waals surface area contributed by atoms with Crippen molar-refractivity contribution in [2.75, 3.05) is 26.7 Å². The fraction of sp³-hybridized carbons (Fsp3) is 0.250. The third-order valence-electron chi connectivity index (χ3n) is 3.89. The summed E-state index contributed by atoms with van der Waals surface area (Å²) in [5.41, 5.74) is 1.57. The molecule has 0 fully saturated rings. The fourth-order valence-electron chi connectivity index (χ4n) is 2.29. The van der Waals surface area contributed by atoms with E-state index in [9.17, 15) is 13.2 Å². The van der Waals surface area contributed by atoms with Crippen LogP contribution >= 0.6 is 0 Å². The van der Waals surface area contributed by atoms with Crippen LogP contribution in [-0.2, 0) is 10.0 Å². The highest BCUT2D eigenvalue weighted by Gasteiger charge is 2.16. The van der Waals surface area contributed by atoms with E-state index in [-0.39, 0.29) is 17.3 Å². The van der Waals surface area contributed by atoms with Gasteiger partial charge in [-0.25, -0.2) is 13.1 Å². The molecule has 0 aliphatic carbocycles. The summed E-state index contributed by atoms with van der Waals surface area (Å²) in [4.78, 5) is 14.1. The first-order valence-corrected chi connectivity index (χ1v) is 9.97. The molecule has 7 heteroatoms. The number of hydrogen-bond acceptors (Lipinski definition) is 4. The number of ether oxygens (including phenoxy) is 1. The van der Waals surface area contributed by atoms with Crippen molar-refractivity contribution in [1.82, 2.24) is 9.62 Å². The van der Waals surface area contributed by atoms with Gasteiger partial charge in [0.25, 0.3) is 5.91 Å². The van der Waals surface area contributed by atoms with Gasteiger partial charge in [-0.2, -0.15) is 0 Å². The van der Waals surface area contributed by atoms with E-state index in [1.807, 2.05) is 31.2 Å². The van der Waals surface area contributed by atoms with Crippen LogP contribution in [0.3, 0.4) is 0 Å². The quantitative estimate of drug-likeness (QED) is 0.670. The van der Waals surface area contributed by atoms with Crippen LogP contribution < -0.4 is 9.46 Å². The Labute approximate surface area is 160 Å². The van der Waals surface area contributed by atoms with Crippen molar-refractivity contribution in [2.24, 2.45) is 0 Å². The van der Waals surface area contributed by atoms with Crippen molar-refractivity contribution in [2.45, 2.75) is 11.8 Å². The normalized spacial score (nSPS) is 11.0. The molecular formula is C20H24N2O4S. The van der Waals surface area contributed by atoms with E-state index in [0.717, 1.165) is 11.3 Å². The second-order valence-corrected chi connectivity index (χ2v) is 7.82. The summed E-state index contributed by atoms with van der Waals surface area (Å²) in [7, 11) is -1.92. The molecular weight excluding hydrogens is 364 g/mol. The molecule has 1 amide bonds. The summed E-state index contributed by atoms with van der Waals surface area (Å²) in [6.07, 6.45) is 1.46. The van der Waals surface area contributed by atoms with E-state index >= 15 is 0 Å². The SMILES string of the molecule is C=CCNS(=O)(=O)c1ccc(C(=O)N(C)CCOc2ccc(C)cc2)cc1. The number of aryl methyl sites for hydroxylation is 1. The molecule has 2 aromatic rings. The molecule has 0 spiro atoms. The number of carbonyl (C=O) groups excluding carboxylic acids is 1. The minimum absolute atomic E-state index is 0.103. The maximum Gasteiger partial charge on any atom is 0.253 e. The van der Waals surface area contributed by atoms with Gasteiger partial charge >= 0.3 is 0 Å². The van der Waals surface area contributed by atoms with Crippen LogP contribution in [0.15, 0.2) is 66.1 Å². The van der Waals surface area contributed by atoms with E-state index < -0.39 is 10.0 Å². The lowest BCUT2D eigenvalue weighted by Crippen LogP contribution is -2.31. The van der Waals surface area contributed by atoms with Crippen LogP contribution in [0.5, 0.6) is 5.75 Å². The Kier molecular flexibility index (Phi) is 7.15. The maximum atomic E-state index is 12.5. The van der Waals surface area contributed by atoms with Gasteiger partial charge in [-0.3, -0.25) is 4.79 Å². The molecule has 0 aliphatic rings. The molecule has 6 nitrogen and oxygen atoms in total. The molecule has 1 N–H and O–H groups in total. The number of benzene rings is 2. The number of sulfonamides is 1. The highest BCUT2D eigenvalue weighted by Crippen LogP contribution is 2.13. The van der Waals surface area contributed by atoms with Gasteiger partial charge in [0.2, 0.25) is 10.0 Å². The number of hydrogen-bond donors (Lipinski definition) is 1. The Balaban J connectivity index is 1.92. The molecule has 0 aromatic heterocycles. The molecule has 0 radical (unpaired) electrons. The first kappa shape index (κ1) is 20.7. The second-order valence-electron chi connectivity index (χ2n) is 6.05. The first-order valence-electron chi connectivity index (χ1n) is 8.49. The Morgan fingerprint density at radius 2 is 1.78 bits per heavy atom. The fourth-order valence-corrected chi connectivity index (χ4v) is 3.28. The minimum atomic E-state index is -3.60. The third-order valence-corrected chi connectivity index (χ3v) is 5.33. The summed E-state index contributed by atoms with van der Waals surface area (Å²) in [5.74, 6) is 0.550. The third kappa shape index (κ3) is 5.94. The number of amides is 1. The smallest absolute Gasteiger partial charge is 0.253 e. The Bertz CT molecular complexity index is 875. The molecule has 0 saturated heterocycles. The van der Waals surface area contributed by atoms with Gasteiger partial charge in [0.05, 0.1) is 11.4 Å². The van der Waals surface area contributed by atoms with E-state index in [1.54, 1.807) is 7.05 Å². The lowest BCUT2D eigenvalue weighted by atomic mass is 10.2. The standard InChI is InChI=1S/C20H24N2O4S/c1-4-13-21-27(24,25)19-11-7-17(8-12-19)20(23)22(3)14-15-26-18-9-5-16(2)6-10-18/h4-12,21H,1,13-15H2,2-3H3. The highest BCUT2D eigenvalue weighted by atomic mass is 32.2.